The van der Waals surface area contributed by atoms with Gasteiger partial charge in [-0.2, -0.15) is 0 Å². The van der Waals surface area contributed by atoms with Crippen LogP contribution in [0.1, 0.15) is 50.3 Å². The zero-order valence-electron chi connectivity index (χ0n) is 12.4. The molecule has 1 N–H and O–H groups in total. The Balaban J connectivity index is 3.02. The number of hydrogen-bond acceptors (Lipinski definition) is 2. The van der Waals surface area contributed by atoms with Gasteiger partial charge in [-0.05, 0) is 29.5 Å². The lowest BCUT2D eigenvalue weighted by atomic mass is 9.80. The first kappa shape index (κ1) is 15.4. The van der Waals surface area contributed by atoms with Crippen molar-refractivity contribution in [2.45, 2.75) is 46.0 Å². The second-order valence-electron chi connectivity index (χ2n) is 5.95. The van der Waals surface area contributed by atoms with Crippen molar-refractivity contribution in [2.75, 3.05) is 6.54 Å². The summed E-state index contributed by atoms with van der Waals surface area (Å²) in [5.41, 5.74) is 3.50. The molecule has 0 radical (unpaired) electrons. The summed E-state index contributed by atoms with van der Waals surface area (Å²) in [7, 11) is 0. The summed E-state index contributed by atoms with van der Waals surface area (Å²) in [6.45, 7) is 11.0. The van der Waals surface area contributed by atoms with E-state index in [9.17, 15) is 9.59 Å². The van der Waals surface area contributed by atoms with Crippen LogP contribution in [0.15, 0.2) is 18.2 Å². The van der Waals surface area contributed by atoms with Crippen molar-refractivity contribution in [3.05, 3.63) is 34.9 Å². The van der Waals surface area contributed by atoms with Crippen LogP contribution in [-0.4, -0.2) is 18.7 Å². The van der Waals surface area contributed by atoms with Crippen molar-refractivity contribution in [1.82, 2.24) is 5.32 Å². The Morgan fingerprint density at radius 2 is 2.00 bits per heavy atom. The molecular formula is C16H23NO2. The van der Waals surface area contributed by atoms with E-state index in [2.05, 4.69) is 58.1 Å². The van der Waals surface area contributed by atoms with E-state index in [1.165, 1.54) is 16.7 Å². The highest BCUT2D eigenvalue weighted by atomic mass is 16.2. The Hall–Kier alpha value is -1.64. The molecule has 0 unspecified atom stereocenters. The Kier molecular flexibility index (Phi) is 4.87. The van der Waals surface area contributed by atoms with Gasteiger partial charge in [-0.15, -0.1) is 0 Å². The van der Waals surface area contributed by atoms with Crippen molar-refractivity contribution >= 4 is 12.2 Å². The van der Waals surface area contributed by atoms with Gasteiger partial charge in [0.1, 0.15) is 0 Å². The Bertz CT molecular complexity index is 476. The maximum atomic E-state index is 11.1. The molecule has 0 aliphatic rings. The standard InChI is InChI=1S/C16H23NO2/c1-11(2)13-7-6-12(3)14(8-13)16(4,5)10-17-15(19)9-18/h6-9,11H,10H2,1-5H3,(H,17,19). The van der Waals surface area contributed by atoms with Gasteiger partial charge in [0.05, 0.1) is 0 Å². The minimum Gasteiger partial charge on any atom is -0.349 e. The van der Waals surface area contributed by atoms with Crippen LogP contribution in [0.5, 0.6) is 0 Å². The first-order valence-corrected chi connectivity index (χ1v) is 6.62. The van der Waals surface area contributed by atoms with Crippen LogP contribution in [0, 0.1) is 6.92 Å². The van der Waals surface area contributed by atoms with Gasteiger partial charge < -0.3 is 5.32 Å². The van der Waals surface area contributed by atoms with Crippen molar-refractivity contribution in [3.8, 4) is 0 Å². The lowest BCUT2D eigenvalue weighted by Gasteiger charge is -2.28. The van der Waals surface area contributed by atoms with Crippen LogP contribution in [0.4, 0.5) is 0 Å². The second-order valence-corrected chi connectivity index (χ2v) is 5.95. The molecule has 1 amide bonds. The number of aldehydes is 1. The van der Waals surface area contributed by atoms with E-state index >= 15 is 0 Å². The van der Waals surface area contributed by atoms with E-state index in [4.69, 9.17) is 0 Å². The smallest absolute Gasteiger partial charge is 0.284 e. The summed E-state index contributed by atoms with van der Waals surface area (Å²) in [6, 6.07) is 6.46. The molecule has 0 spiro atoms. The maximum absolute atomic E-state index is 11.1. The van der Waals surface area contributed by atoms with Crippen LogP contribution in [0.25, 0.3) is 0 Å². The number of carbonyl (C=O) groups is 2. The Morgan fingerprint density at radius 1 is 1.37 bits per heavy atom. The highest BCUT2D eigenvalue weighted by molar-refractivity contribution is 6.23. The first-order chi connectivity index (χ1) is 8.77. The van der Waals surface area contributed by atoms with Crippen molar-refractivity contribution in [2.24, 2.45) is 0 Å². The molecule has 1 aromatic rings. The molecule has 0 bridgehead atoms. The summed E-state index contributed by atoms with van der Waals surface area (Å²) in [6.07, 6.45) is 0.313. The zero-order valence-corrected chi connectivity index (χ0v) is 12.4. The van der Waals surface area contributed by atoms with E-state index in [0.717, 1.165) is 0 Å². The number of rotatable bonds is 5. The second kappa shape index (κ2) is 6.00. The molecule has 0 saturated heterocycles. The fourth-order valence-electron chi connectivity index (χ4n) is 2.17. The molecule has 0 saturated carbocycles. The minimum atomic E-state index is -0.564. The summed E-state index contributed by atoms with van der Waals surface area (Å²) < 4.78 is 0. The molecule has 3 nitrogen and oxygen atoms in total. The van der Waals surface area contributed by atoms with Gasteiger partial charge in [-0.3, -0.25) is 9.59 Å². The van der Waals surface area contributed by atoms with E-state index in [1.54, 1.807) is 0 Å². The van der Waals surface area contributed by atoms with Crippen LogP contribution >= 0.6 is 0 Å². The molecule has 3 heteroatoms. The number of amides is 1. The van der Waals surface area contributed by atoms with Crippen LogP contribution in [0.3, 0.4) is 0 Å². The highest BCUT2D eigenvalue weighted by Gasteiger charge is 2.23. The normalized spacial score (nSPS) is 11.5. The molecule has 1 aromatic carbocycles. The van der Waals surface area contributed by atoms with Gasteiger partial charge in [0.15, 0.2) is 0 Å². The van der Waals surface area contributed by atoms with Gasteiger partial charge in [0.2, 0.25) is 6.29 Å². The summed E-state index contributed by atoms with van der Waals surface area (Å²) in [5.74, 6) is -0.0922. The third-order valence-electron chi connectivity index (χ3n) is 3.47. The number of carbonyl (C=O) groups excluding carboxylic acids is 2. The van der Waals surface area contributed by atoms with Crippen molar-refractivity contribution in [3.63, 3.8) is 0 Å². The Morgan fingerprint density at radius 3 is 2.53 bits per heavy atom. The van der Waals surface area contributed by atoms with Crippen molar-refractivity contribution < 1.29 is 9.59 Å². The van der Waals surface area contributed by atoms with Crippen LogP contribution in [-0.2, 0) is 15.0 Å². The van der Waals surface area contributed by atoms with Gasteiger partial charge in [0.25, 0.3) is 5.91 Å². The average molecular weight is 261 g/mol. The maximum Gasteiger partial charge on any atom is 0.284 e. The number of aryl methyl sites for hydroxylation is 1. The molecule has 0 fully saturated rings. The lowest BCUT2D eigenvalue weighted by Crippen LogP contribution is -2.37. The zero-order chi connectivity index (χ0) is 14.6. The molecule has 0 aliphatic carbocycles. The quantitative estimate of drug-likeness (QED) is 0.654. The van der Waals surface area contributed by atoms with E-state index in [-0.39, 0.29) is 5.41 Å². The molecule has 0 aliphatic heterocycles. The van der Waals surface area contributed by atoms with Gasteiger partial charge in [-0.25, -0.2) is 0 Å². The van der Waals surface area contributed by atoms with E-state index in [1.807, 2.05) is 0 Å². The molecule has 104 valence electrons. The van der Waals surface area contributed by atoms with Crippen LogP contribution in [0.2, 0.25) is 0 Å². The molecule has 0 aromatic heterocycles. The lowest BCUT2D eigenvalue weighted by molar-refractivity contribution is -0.131. The van der Waals surface area contributed by atoms with Gasteiger partial charge >= 0.3 is 0 Å². The fourth-order valence-corrected chi connectivity index (χ4v) is 2.17. The van der Waals surface area contributed by atoms with E-state index < -0.39 is 5.91 Å². The predicted octanol–water partition coefficient (Wildman–Crippen LogP) is 2.71. The van der Waals surface area contributed by atoms with Gasteiger partial charge in [-0.1, -0.05) is 45.9 Å². The molecule has 19 heavy (non-hydrogen) atoms. The predicted molar refractivity (Wildman–Crippen MR) is 77.4 cm³/mol. The number of hydrogen-bond donors (Lipinski definition) is 1. The van der Waals surface area contributed by atoms with Gasteiger partial charge in [0, 0.05) is 12.0 Å². The number of nitrogens with one attached hydrogen (secondary N) is 1. The topological polar surface area (TPSA) is 46.2 Å². The number of benzene rings is 1. The molecular weight excluding hydrogens is 238 g/mol. The molecule has 0 atom stereocenters. The average Bonchev–Trinajstić information content (AvgIpc) is 2.36. The molecule has 0 heterocycles. The third-order valence-corrected chi connectivity index (χ3v) is 3.47. The SMILES string of the molecule is Cc1ccc(C(C)C)cc1C(C)(C)CNC(=O)C=O. The highest BCUT2D eigenvalue weighted by Crippen LogP contribution is 2.28. The third kappa shape index (κ3) is 3.91. The monoisotopic (exact) mass is 261 g/mol. The van der Waals surface area contributed by atoms with Crippen molar-refractivity contribution in [1.29, 1.82) is 0 Å². The minimum absolute atomic E-state index is 0.201. The largest absolute Gasteiger partial charge is 0.349 e. The summed E-state index contributed by atoms with van der Waals surface area (Å²) in [5, 5.41) is 2.64. The summed E-state index contributed by atoms with van der Waals surface area (Å²) >= 11 is 0. The summed E-state index contributed by atoms with van der Waals surface area (Å²) in [4.78, 5) is 21.4. The first-order valence-electron chi connectivity index (χ1n) is 6.62. The van der Waals surface area contributed by atoms with E-state index in [0.29, 0.717) is 18.7 Å². The van der Waals surface area contributed by atoms with Crippen LogP contribution < -0.4 is 5.32 Å². The molecule has 1 rings (SSSR count). The Labute approximate surface area is 115 Å². The fraction of sp³-hybridized carbons (Fsp3) is 0.500.